The van der Waals surface area contributed by atoms with E-state index in [1.54, 1.807) is 13.3 Å². The number of pyridine rings is 1. The first kappa shape index (κ1) is 16.8. The predicted octanol–water partition coefficient (Wildman–Crippen LogP) is 2.91. The summed E-state index contributed by atoms with van der Waals surface area (Å²) in [5, 5.41) is 5.75. The lowest BCUT2D eigenvalue weighted by Gasteiger charge is -2.14. The molecule has 0 bridgehead atoms. The maximum Gasteiger partial charge on any atom is 0.315 e. The topological polar surface area (TPSA) is 63.2 Å². The Hall–Kier alpha value is -2.56. The van der Waals surface area contributed by atoms with Crippen LogP contribution in [0.4, 0.5) is 4.79 Å². The Bertz CT molecular complexity index is 599. The molecule has 0 spiro atoms. The van der Waals surface area contributed by atoms with E-state index < -0.39 is 0 Å². The zero-order valence-electron chi connectivity index (χ0n) is 13.6. The number of amides is 2. The molecule has 2 N–H and O–H groups in total. The largest absolute Gasteiger partial charge is 0.497 e. The molecule has 0 radical (unpaired) electrons. The molecule has 1 aromatic heterocycles. The van der Waals surface area contributed by atoms with Gasteiger partial charge in [-0.1, -0.05) is 18.2 Å². The van der Waals surface area contributed by atoms with Gasteiger partial charge in [-0.15, -0.1) is 0 Å². The van der Waals surface area contributed by atoms with Crippen molar-refractivity contribution in [1.29, 1.82) is 0 Å². The van der Waals surface area contributed by atoms with Gasteiger partial charge >= 0.3 is 6.03 Å². The second kappa shape index (κ2) is 8.78. The minimum Gasteiger partial charge on any atom is -0.497 e. The van der Waals surface area contributed by atoms with Crippen molar-refractivity contribution >= 4 is 6.03 Å². The van der Waals surface area contributed by atoms with E-state index in [9.17, 15) is 4.79 Å². The monoisotopic (exact) mass is 313 g/mol. The third kappa shape index (κ3) is 5.98. The van der Waals surface area contributed by atoms with Crippen molar-refractivity contribution in [2.75, 3.05) is 7.11 Å². The number of aromatic nitrogens is 1. The molecule has 2 aromatic rings. The number of carbonyl (C=O) groups excluding carboxylic acids is 1. The van der Waals surface area contributed by atoms with Gasteiger partial charge in [0.2, 0.25) is 0 Å². The van der Waals surface area contributed by atoms with Crippen LogP contribution in [0.1, 0.15) is 24.6 Å². The smallest absolute Gasteiger partial charge is 0.315 e. The highest BCUT2D eigenvalue weighted by molar-refractivity contribution is 5.74. The number of aryl methyl sites for hydroxylation is 1. The second-order valence-corrected chi connectivity index (χ2v) is 5.44. The number of carbonyl (C=O) groups is 1. The lowest BCUT2D eigenvalue weighted by Crippen LogP contribution is -2.40. The maximum absolute atomic E-state index is 11.9. The fourth-order valence-electron chi connectivity index (χ4n) is 2.20. The predicted molar refractivity (Wildman–Crippen MR) is 90.4 cm³/mol. The molecule has 0 saturated heterocycles. The third-order valence-electron chi connectivity index (χ3n) is 3.56. The summed E-state index contributed by atoms with van der Waals surface area (Å²) in [5.74, 6) is 0.855. The molecule has 1 atom stereocenters. The number of hydrogen-bond donors (Lipinski definition) is 2. The summed E-state index contributed by atoms with van der Waals surface area (Å²) >= 11 is 0. The van der Waals surface area contributed by atoms with Gasteiger partial charge in [-0.3, -0.25) is 4.98 Å². The fourth-order valence-corrected chi connectivity index (χ4v) is 2.20. The van der Waals surface area contributed by atoms with Crippen LogP contribution in [-0.4, -0.2) is 24.2 Å². The molecule has 1 aromatic carbocycles. The summed E-state index contributed by atoms with van der Waals surface area (Å²) in [6.07, 6.45) is 3.50. The van der Waals surface area contributed by atoms with E-state index >= 15 is 0 Å². The quantitative estimate of drug-likeness (QED) is 0.826. The highest BCUT2D eigenvalue weighted by atomic mass is 16.5. The van der Waals surface area contributed by atoms with Gasteiger partial charge in [-0.25, -0.2) is 4.79 Å². The Morgan fingerprint density at radius 1 is 1.22 bits per heavy atom. The van der Waals surface area contributed by atoms with Crippen molar-refractivity contribution in [3.63, 3.8) is 0 Å². The minimum absolute atomic E-state index is 0.0980. The Labute approximate surface area is 137 Å². The van der Waals surface area contributed by atoms with Crippen molar-refractivity contribution in [3.8, 4) is 5.75 Å². The molecule has 0 aliphatic heterocycles. The summed E-state index contributed by atoms with van der Waals surface area (Å²) in [6.45, 7) is 2.43. The van der Waals surface area contributed by atoms with Gasteiger partial charge in [0.05, 0.1) is 19.3 Å². The molecule has 0 aliphatic carbocycles. The standard InChI is InChI=1S/C18H23N3O2/c1-14(6-7-15-8-10-17(23-2)11-9-15)21-18(22)20-13-16-5-3-4-12-19-16/h3-5,8-12,14H,6-7,13H2,1-2H3,(H2,20,21,22)/t14-/m1/s1. The molecule has 5 heteroatoms. The summed E-state index contributed by atoms with van der Waals surface area (Å²) in [4.78, 5) is 16.0. The number of urea groups is 1. The molecule has 23 heavy (non-hydrogen) atoms. The molecule has 122 valence electrons. The van der Waals surface area contributed by atoms with E-state index in [0.717, 1.165) is 24.3 Å². The van der Waals surface area contributed by atoms with Gasteiger partial charge in [0.1, 0.15) is 5.75 Å². The first-order valence-corrected chi connectivity index (χ1v) is 7.74. The molecule has 5 nitrogen and oxygen atoms in total. The zero-order chi connectivity index (χ0) is 16.5. The molecule has 1 heterocycles. The average molecular weight is 313 g/mol. The molecule has 2 amide bonds. The highest BCUT2D eigenvalue weighted by Crippen LogP contribution is 2.13. The Morgan fingerprint density at radius 3 is 2.65 bits per heavy atom. The van der Waals surface area contributed by atoms with Crippen LogP contribution in [0.5, 0.6) is 5.75 Å². The van der Waals surface area contributed by atoms with Crippen LogP contribution in [0.25, 0.3) is 0 Å². The van der Waals surface area contributed by atoms with Crippen molar-refractivity contribution in [2.24, 2.45) is 0 Å². The minimum atomic E-state index is -0.169. The molecule has 0 unspecified atom stereocenters. The second-order valence-electron chi connectivity index (χ2n) is 5.44. The number of nitrogens with one attached hydrogen (secondary N) is 2. The van der Waals surface area contributed by atoms with Crippen molar-refractivity contribution < 1.29 is 9.53 Å². The number of hydrogen-bond acceptors (Lipinski definition) is 3. The van der Waals surface area contributed by atoms with Crippen LogP contribution in [-0.2, 0) is 13.0 Å². The molecule has 2 rings (SSSR count). The fraction of sp³-hybridized carbons (Fsp3) is 0.333. The van der Waals surface area contributed by atoms with Gasteiger partial charge in [0.15, 0.2) is 0 Å². The number of nitrogens with zero attached hydrogens (tertiary/aromatic N) is 1. The Balaban J connectivity index is 1.69. The van der Waals surface area contributed by atoms with Gasteiger partial charge in [-0.2, -0.15) is 0 Å². The molecule has 0 aliphatic rings. The number of benzene rings is 1. The van der Waals surface area contributed by atoms with Crippen LogP contribution in [0.2, 0.25) is 0 Å². The molecule has 0 saturated carbocycles. The zero-order valence-corrected chi connectivity index (χ0v) is 13.6. The van der Waals surface area contributed by atoms with E-state index in [-0.39, 0.29) is 12.1 Å². The van der Waals surface area contributed by atoms with E-state index in [1.807, 2.05) is 49.4 Å². The summed E-state index contributed by atoms with van der Waals surface area (Å²) < 4.78 is 5.14. The van der Waals surface area contributed by atoms with Crippen LogP contribution in [0, 0.1) is 0 Å². The van der Waals surface area contributed by atoms with Crippen LogP contribution in [0.3, 0.4) is 0 Å². The third-order valence-corrected chi connectivity index (χ3v) is 3.56. The van der Waals surface area contributed by atoms with Crippen LogP contribution >= 0.6 is 0 Å². The van der Waals surface area contributed by atoms with E-state index in [1.165, 1.54) is 5.56 Å². The Morgan fingerprint density at radius 2 is 2.00 bits per heavy atom. The van der Waals surface area contributed by atoms with Gasteiger partial charge < -0.3 is 15.4 Å². The number of methoxy groups -OCH3 is 1. The molecule has 0 fully saturated rings. The van der Waals surface area contributed by atoms with E-state index in [0.29, 0.717) is 6.54 Å². The number of rotatable bonds is 7. The lowest BCUT2D eigenvalue weighted by molar-refractivity contribution is 0.236. The summed E-state index contributed by atoms with van der Waals surface area (Å²) in [5.41, 5.74) is 2.07. The molecular weight excluding hydrogens is 290 g/mol. The SMILES string of the molecule is COc1ccc(CC[C@@H](C)NC(=O)NCc2ccccn2)cc1. The van der Waals surface area contributed by atoms with Crippen molar-refractivity contribution in [3.05, 3.63) is 59.9 Å². The van der Waals surface area contributed by atoms with Gasteiger partial charge in [0, 0.05) is 12.2 Å². The van der Waals surface area contributed by atoms with Gasteiger partial charge in [-0.05, 0) is 49.6 Å². The molecular formula is C18H23N3O2. The average Bonchev–Trinajstić information content (AvgIpc) is 2.59. The Kier molecular flexibility index (Phi) is 6.41. The van der Waals surface area contributed by atoms with Crippen LogP contribution < -0.4 is 15.4 Å². The van der Waals surface area contributed by atoms with Crippen LogP contribution in [0.15, 0.2) is 48.7 Å². The first-order valence-electron chi connectivity index (χ1n) is 7.74. The van der Waals surface area contributed by atoms with Crippen molar-refractivity contribution in [2.45, 2.75) is 32.4 Å². The van der Waals surface area contributed by atoms with Crippen molar-refractivity contribution in [1.82, 2.24) is 15.6 Å². The normalized spacial score (nSPS) is 11.6. The van der Waals surface area contributed by atoms with E-state index in [2.05, 4.69) is 15.6 Å². The van der Waals surface area contributed by atoms with Gasteiger partial charge in [0.25, 0.3) is 0 Å². The number of ether oxygens (including phenoxy) is 1. The first-order chi connectivity index (χ1) is 11.2. The lowest BCUT2D eigenvalue weighted by atomic mass is 10.1. The maximum atomic E-state index is 11.9. The highest BCUT2D eigenvalue weighted by Gasteiger charge is 2.07. The summed E-state index contributed by atoms with van der Waals surface area (Å²) in [7, 11) is 1.66. The summed E-state index contributed by atoms with van der Waals surface area (Å²) in [6, 6.07) is 13.6. The van der Waals surface area contributed by atoms with E-state index in [4.69, 9.17) is 4.74 Å².